The summed E-state index contributed by atoms with van der Waals surface area (Å²) in [4.78, 5) is 22.9. The van der Waals surface area contributed by atoms with Crippen LogP contribution in [0.25, 0.3) is 0 Å². The molecule has 2 heterocycles. The number of hydrogen-bond donors (Lipinski definition) is 2. The third kappa shape index (κ3) is 2.01. The van der Waals surface area contributed by atoms with Crippen LogP contribution in [0.1, 0.15) is 32.2 Å². The highest BCUT2D eigenvalue weighted by molar-refractivity contribution is 6.21. The van der Waals surface area contributed by atoms with Crippen molar-refractivity contribution < 1.29 is 14.0 Å². The smallest absolute Gasteiger partial charge is 0.259 e. The molecule has 0 aliphatic carbocycles. The van der Waals surface area contributed by atoms with E-state index in [9.17, 15) is 9.59 Å². The maximum Gasteiger partial charge on any atom is 0.259 e. The zero-order valence-corrected chi connectivity index (χ0v) is 10.3. The molecule has 0 unspecified atom stereocenters. The third-order valence-corrected chi connectivity index (χ3v) is 2.97. The van der Waals surface area contributed by atoms with Crippen molar-refractivity contribution >= 4 is 17.5 Å². The van der Waals surface area contributed by atoms with Crippen LogP contribution in [0.4, 0.5) is 5.69 Å². The largest absolute Gasteiger partial charge is 0.449 e. The second kappa shape index (κ2) is 4.55. The van der Waals surface area contributed by atoms with Crippen LogP contribution >= 0.6 is 0 Å². The molecule has 0 saturated heterocycles. The molecule has 0 saturated carbocycles. The van der Waals surface area contributed by atoms with Crippen molar-refractivity contribution in [3.8, 4) is 6.07 Å². The lowest BCUT2D eigenvalue weighted by Crippen LogP contribution is -2.19. The number of nitrogens with zero attached hydrogens (tertiary/aromatic N) is 1. The van der Waals surface area contributed by atoms with Gasteiger partial charge in [0.05, 0.1) is 17.7 Å². The number of carbonyl (C=O) groups is 2. The summed E-state index contributed by atoms with van der Waals surface area (Å²) < 4.78 is 5.23. The van der Waals surface area contributed by atoms with Crippen molar-refractivity contribution in [3.05, 3.63) is 53.0 Å². The first-order chi connectivity index (χ1) is 9.67. The fourth-order valence-corrected chi connectivity index (χ4v) is 2.00. The van der Waals surface area contributed by atoms with E-state index in [1.807, 2.05) is 6.07 Å². The summed E-state index contributed by atoms with van der Waals surface area (Å²) in [7, 11) is 0. The second-order valence-electron chi connectivity index (χ2n) is 4.27. The predicted octanol–water partition coefficient (Wildman–Crippen LogP) is 1.65. The molecule has 6 heteroatoms. The Morgan fingerprint density at radius 2 is 1.95 bits per heavy atom. The number of furan rings is 1. The monoisotopic (exact) mass is 267 g/mol. The van der Waals surface area contributed by atoms with E-state index in [-0.39, 0.29) is 11.7 Å². The molecule has 2 N–H and O–H groups in total. The molecule has 1 aliphatic rings. The van der Waals surface area contributed by atoms with Gasteiger partial charge in [0, 0.05) is 5.69 Å². The summed E-state index contributed by atoms with van der Waals surface area (Å²) in [6, 6.07) is 10.1. The lowest BCUT2D eigenvalue weighted by molar-refractivity contribution is 0.0879. The number of carbonyl (C=O) groups excluding carboxylic acids is 2. The van der Waals surface area contributed by atoms with E-state index in [0.717, 1.165) is 0 Å². The Labute approximate surface area is 114 Å². The maximum absolute atomic E-state index is 11.5. The first kappa shape index (κ1) is 12.0. The first-order valence-corrected chi connectivity index (χ1v) is 5.90. The number of nitrogens with one attached hydrogen (secondary N) is 2. The Morgan fingerprint density at radius 3 is 2.70 bits per heavy atom. The van der Waals surface area contributed by atoms with Crippen molar-refractivity contribution in [2.45, 2.75) is 6.54 Å². The van der Waals surface area contributed by atoms with Gasteiger partial charge in [0.2, 0.25) is 5.76 Å². The number of fused-ring (bicyclic) bond motifs is 1. The lowest BCUT2D eigenvalue weighted by atomic mass is 10.1. The minimum Gasteiger partial charge on any atom is -0.449 e. The van der Waals surface area contributed by atoms with Crippen molar-refractivity contribution in [2.75, 3.05) is 5.32 Å². The number of imide groups is 1. The zero-order valence-electron chi connectivity index (χ0n) is 10.3. The minimum atomic E-state index is -0.390. The second-order valence-corrected chi connectivity index (χ2v) is 4.27. The molecule has 0 atom stereocenters. The van der Waals surface area contributed by atoms with E-state index in [0.29, 0.717) is 29.1 Å². The van der Waals surface area contributed by atoms with Gasteiger partial charge in [-0.3, -0.25) is 14.9 Å². The van der Waals surface area contributed by atoms with Crippen LogP contribution in [0.15, 0.2) is 34.7 Å². The number of hydrogen-bond acceptors (Lipinski definition) is 5. The van der Waals surface area contributed by atoms with Crippen molar-refractivity contribution in [1.29, 1.82) is 5.26 Å². The van der Waals surface area contributed by atoms with Crippen LogP contribution in [-0.4, -0.2) is 11.8 Å². The number of rotatable bonds is 3. The van der Waals surface area contributed by atoms with E-state index < -0.39 is 5.91 Å². The molecule has 1 aromatic carbocycles. The molecule has 0 radical (unpaired) electrons. The highest BCUT2D eigenvalue weighted by Gasteiger charge is 2.26. The van der Waals surface area contributed by atoms with E-state index in [1.165, 1.54) is 0 Å². The molecule has 2 amide bonds. The molecular weight excluding hydrogens is 258 g/mol. The Bertz CT molecular complexity index is 755. The highest BCUT2D eigenvalue weighted by Crippen LogP contribution is 2.21. The highest BCUT2D eigenvalue weighted by atomic mass is 16.3. The Kier molecular flexibility index (Phi) is 2.73. The third-order valence-electron chi connectivity index (χ3n) is 2.97. The molecule has 1 aliphatic heterocycles. The molecule has 6 nitrogen and oxygen atoms in total. The van der Waals surface area contributed by atoms with Gasteiger partial charge < -0.3 is 9.73 Å². The van der Waals surface area contributed by atoms with E-state index in [4.69, 9.17) is 9.68 Å². The maximum atomic E-state index is 11.5. The van der Waals surface area contributed by atoms with Crippen LogP contribution in [0, 0.1) is 11.3 Å². The Morgan fingerprint density at radius 1 is 1.15 bits per heavy atom. The van der Waals surface area contributed by atoms with Gasteiger partial charge in [-0.1, -0.05) is 0 Å². The molecule has 1 aromatic heterocycles. The molecule has 2 aromatic rings. The topological polar surface area (TPSA) is 95.1 Å². The molecule has 0 bridgehead atoms. The molecule has 0 spiro atoms. The minimum absolute atomic E-state index is 0.251. The van der Waals surface area contributed by atoms with E-state index in [2.05, 4.69) is 10.6 Å². The number of benzene rings is 1. The summed E-state index contributed by atoms with van der Waals surface area (Å²) in [6.07, 6.45) is 0. The van der Waals surface area contributed by atoms with Gasteiger partial charge in [-0.15, -0.1) is 0 Å². The van der Waals surface area contributed by atoms with Crippen LogP contribution < -0.4 is 10.6 Å². The van der Waals surface area contributed by atoms with Gasteiger partial charge in [-0.25, -0.2) is 0 Å². The van der Waals surface area contributed by atoms with Gasteiger partial charge in [-0.05, 0) is 30.3 Å². The number of anilines is 1. The van der Waals surface area contributed by atoms with Gasteiger partial charge in [0.25, 0.3) is 11.8 Å². The normalized spacial score (nSPS) is 12.8. The van der Waals surface area contributed by atoms with Gasteiger partial charge in [0.1, 0.15) is 11.8 Å². The summed E-state index contributed by atoms with van der Waals surface area (Å²) in [6.45, 7) is 0.385. The fourth-order valence-electron chi connectivity index (χ4n) is 2.00. The summed E-state index contributed by atoms with van der Waals surface area (Å²) in [5.74, 6) is 0.1000. The first-order valence-electron chi connectivity index (χ1n) is 5.90. The van der Waals surface area contributed by atoms with Crippen molar-refractivity contribution in [2.24, 2.45) is 0 Å². The van der Waals surface area contributed by atoms with Gasteiger partial charge in [0.15, 0.2) is 0 Å². The van der Waals surface area contributed by atoms with Crippen LogP contribution in [0.3, 0.4) is 0 Å². The van der Waals surface area contributed by atoms with Crippen molar-refractivity contribution in [1.82, 2.24) is 5.32 Å². The summed E-state index contributed by atoms with van der Waals surface area (Å²) in [5, 5.41) is 14.0. The van der Waals surface area contributed by atoms with Gasteiger partial charge >= 0.3 is 0 Å². The van der Waals surface area contributed by atoms with Crippen LogP contribution in [0.5, 0.6) is 0 Å². The summed E-state index contributed by atoms with van der Waals surface area (Å²) in [5.41, 5.74) is 1.44. The van der Waals surface area contributed by atoms with Crippen LogP contribution in [0.2, 0.25) is 0 Å². The van der Waals surface area contributed by atoms with Gasteiger partial charge in [-0.2, -0.15) is 5.26 Å². The standard InChI is InChI=1S/C14H9N3O3/c15-6-9-2-3-10(20-9)7-16-8-1-4-11-12(5-8)14(19)17-13(11)18/h1-5,16H,7H2,(H,17,18,19). The van der Waals surface area contributed by atoms with Crippen molar-refractivity contribution in [3.63, 3.8) is 0 Å². The number of nitriles is 1. The number of amides is 2. The molecule has 3 rings (SSSR count). The fraction of sp³-hybridized carbons (Fsp3) is 0.0714. The average Bonchev–Trinajstić information content (AvgIpc) is 3.02. The Hall–Kier alpha value is -3.07. The lowest BCUT2D eigenvalue weighted by Gasteiger charge is -2.05. The summed E-state index contributed by atoms with van der Waals surface area (Å²) >= 11 is 0. The molecule has 0 fully saturated rings. The molecular formula is C14H9N3O3. The predicted molar refractivity (Wildman–Crippen MR) is 69.0 cm³/mol. The van der Waals surface area contributed by atoms with E-state index >= 15 is 0 Å². The van der Waals surface area contributed by atoms with Crippen LogP contribution in [-0.2, 0) is 6.54 Å². The Balaban J connectivity index is 1.76. The quantitative estimate of drug-likeness (QED) is 0.824. The molecule has 20 heavy (non-hydrogen) atoms. The van der Waals surface area contributed by atoms with E-state index in [1.54, 1.807) is 30.3 Å². The SMILES string of the molecule is N#Cc1ccc(CNc2ccc3c(c2)C(=O)NC3=O)o1. The zero-order chi connectivity index (χ0) is 14.1. The average molecular weight is 267 g/mol. The molecule has 98 valence electrons.